The molecule has 1 amide bonds. The summed E-state index contributed by atoms with van der Waals surface area (Å²) in [6, 6.07) is 7.24. The number of hydrogen-bond acceptors (Lipinski definition) is 3. The van der Waals surface area contributed by atoms with Crippen molar-refractivity contribution < 1.29 is 4.79 Å². The van der Waals surface area contributed by atoms with Crippen LogP contribution in [-0.4, -0.2) is 22.2 Å². The SMILES string of the molecule is Cn1cc(C(N)=O)c(NCC#Cc2ccc(Cl)cc2)n1. The molecule has 0 radical (unpaired) electrons. The first-order valence-corrected chi connectivity index (χ1v) is 6.26. The second-order valence-corrected chi connectivity index (χ2v) is 4.53. The zero-order chi connectivity index (χ0) is 14.5. The van der Waals surface area contributed by atoms with Gasteiger partial charge in [-0.1, -0.05) is 23.4 Å². The first-order chi connectivity index (χ1) is 9.56. The number of carbonyl (C=O) groups is 1. The zero-order valence-electron chi connectivity index (χ0n) is 10.9. The van der Waals surface area contributed by atoms with Crippen LogP contribution in [0.4, 0.5) is 5.82 Å². The molecule has 0 atom stereocenters. The summed E-state index contributed by atoms with van der Waals surface area (Å²) in [6.45, 7) is 0.361. The van der Waals surface area contributed by atoms with Gasteiger partial charge in [-0.15, -0.1) is 0 Å². The molecule has 1 aromatic carbocycles. The van der Waals surface area contributed by atoms with Crippen molar-refractivity contribution in [3.8, 4) is 11.8 Å². The van der Waals surface area contributed by atoms with Crippen molar-refractivity contribution in [1.29, 1.82) is 0 Å². The molecule has 1 heterocycles. The fourth-order valence-corrected chi connectivity index (χ4v) is 1.73. The van der Waals surface area contributed by atoms with Gasteiger partial charge < -0.3 is 11.1 Å². The van der Waals surface area contributed by atoms with Gasteiger partial charge in [-0.3, -0.25) is 9.48 Å². The van der Waals surface area contributed by atoms with E-state index in [0.717, 1.165) is 5.56 Å². The molecule has 1 aromatic heterocycles. The molecule has 5 nitrogen and oxygen atoms in total. The van der Waals surface area contributed by atoms with E-state index in [1.807, 2.05) is 12.1 Å². The van der Waals surface area contributed by atoms with E-state index in [1.165, 1.54) is 4.68 Å². The van der Waals surface area contributed by atoms with Crippen LogP contribution in [-0.2, 0) is 7.05 Å². The van der Waals surface area contributed by atoms with E-state index in [0.29, 0.717) is 22.9 Å². The van der Waals surface area contributed by atoms with Gasteiger partial charge in [-0.2, -0.15) is 5.10 Å². The van der Waals surface area contributed by atoms with Crippen LogP contribution in [0, 0.1) is 11.8 Å². The Kier molecular flexibility index (Phi) is 4.28. The maximum atomic E-state index is 11.2. The summed E-state index contributed by atoms with van der Waals surface area (Å²) in [6.07, 6.45) is 1.57. The number of halogens is 1. The van der Waals surface area contributed by atoms with Crippen LogP contribution in [0.1, 0.15) is 15.9 Å². The molecular formula is C14H13ClN4O. The van der Waals surface area contributed by atoms with E-state index >= 15 is 0 Å². The first kappa shape index (κ1) is 14.0. The van der Waals surface area contributed by atoms with Gasteiger partial charge in [0, 0.05) is 23.8 Å². The first-order valence-electron chi connectivity index (χ1n) is 5.88. The Morgan fingerprint density at radius 1 is 1.45 bits per heavy atom. The molecule has 0 spiro atoms. The van der Waals surface area contributed by atoms with Gasteiger partial charge in [-0.25, -0.2) is 0 Å². The summed E-state index contributed by atoms with van der Waals surface area (Å²) < 4.78 is 1.52. The average Bonchev–Trinajstić information content (AvgIpc) is 2.78. The number of nitrogens with two attached hydrogens (primary N) is 1. The Morgan fingerprint density at radius 2 is 2.15 bits per heavy atom. The number of aryl methyl sites for hydroxylation is 1. The highest BCUT2D eigenvalue weighted by Crippen LogP contribution is 2.11. The summed E-state index contributed by atoms with van der Waals surface area (Å²) in [4.78, 5) is 11.2. The fourth-order valence-electron chi connectivity index (χ4n) is 1.61. The summed E-state index contributed by atoms with van der Waals surface area (Å²) in [5, 5.41) is 7.75. The van der Waals surface area contributed by atoms with Gasteiger partial charge in [0.25, 0.3) is 5.91 Å². The van der Waals surface area contributed by atoms with Crippen molar-refractivity contribution in [2.24, 2.45) is 12.8 Å². The molecule has 0 bridgehead atoms. The summed E-state index contributed by atoms with van der Waals surface area (Å²) in [7, 11) is 1.72. The molecule has 0 aliphatic rings. The lowest BCUT2D eigenvalue weighted by Crippen LogP contribution is -2.13. The van der Waals surface area contributed by atoms with Crippen molar-refractivity contribution in [3.63, 3.8) is 0 Å². The van der Waals surface area contributed by atoms with Crippen molar-refractivity contribution in [1.82, 2.24) is 9.78 Å². The Bertz CT molecular complexity index is 679. The Labute approximate surface area is 121 Å². The van der Waals surface area contributed by atoms with Gasteiger partial charge in [0.1, 0.15) is 5.56 Å². The van der Waals surface area contributed by atoms with Crippen molar-refractivity contribution in [2.75, 3.05) is 11.9 Å². The predicted octanol–water partition coefficient (Wildman–Crippen LogP) is 1.64. The minimum atomic E-state index is -0.522. The van der Waals surface area contributed by atoms with E-state index in [2.05, 4.69) is 22.3 Å². The molecule has 2 aromatic rings. The number of amides is 1. The maximum absolute atomic E-state index is 11.2. The molecule has 0 aliphatic carbocycles. The van der Waals surface area contributed by atoms with Crippen LogP contribution in [0.15, 0.2) is 30.5 Å². The molecule has 0 fully saturated rings. The molecule has 0 unspecified atom stereocenters. The van der Waals surface area contributed by atoms with E-state index in [-0.39, 0.29) is 0 Å². The molecule has 0 saturated heterocycles. The predicted molar refractivity (Wildman–Crippen MR) is 78.5 cm³/mol. The van der Waals surface area contributed by atoms with Crippen LogP contribution in [0.2, 0.25) is 5.02 Å². The van der Waals surface area contributed by atoms with Crippen molar-refractivity contribution >= 4 is 23.3 Å². The topological polar surface area (TPSA) is 72.9 Å². The second kappa shape index (κ2) is 6.13. The highest BCUT2D eigenvalue weighted by molar-refractivity contribution is 6.30. The molecule has 102 valence electrons. The highest BCUT2D eigenvalue weighted by atomic mass is 35.5. The van der Waals surface area contributed by atoms with Crippen LogP contribution >= 0.6 is 11.6 Å². The minimum Gasteiger partial charge on any atom is -0.365 e. The van der Waals surface area contributed by atoms with E-state index in [9.17, 15) is 4.79 Å². The number of hydrogen-bond donors (Lipinski definition) is 2. The number of primary amides is 1. The maximum Gasteiger partial charge on any atom is 0.254 e. The third-order valence-electron chi connectivity index (χ3n) is 2.52. The lowest BCUT2D eigenvalue weighted by atomic mass is 10.2. The summed E-state index contributed by atoms with van der Waals surface area (Å²) >= 11 is 5.79. The third-order valence-corrected chi connectivity index (χ3v) is 2.77. The van der Waals surface area contributed by atoms with Crippen molar-refractivity contribution in [2.45, 2.75) is 0 Å². The van der Waals surface area contributed by atoms with Gasteiger partial charge in [-0.05, 0) is 24.3 Å². The third kappa shape index (κ3) is 3.53. The normalized spacial score (nSPS) is 9.70. The van der Waals surface area contributed by atoms with Crippen molar-refractivity contribution in [3.05, 3.63) is 46.6 Å². The minimum absolute atomic E-state index is 0.348. The van der Waals surface area contributed by atoms with Crippen LogP contribution in [0.3, 0.4) is 0 Å². The number of anilines is 1. The van der Waals surface area contributed by atoms with E-state index in [4.69, 9.17) is 17.3 Å². The Morgan fingerprint density at radius 3 is 2.80 bits per heavy atom. The van der Waals surface area contributed by atoms with Crippen LogP contribution < -0.4 is 11.1 Å². The Balaban J connectivity index is 2.00. The molecule has 0 saturated carbocycles. The Hall–Kier alpha value is -2.45. The second-order valence-electron chi connectivity index (χ2n) is 4.09. The van der Waals surface area contributed by atoms with Gasteiger partial charge in [0.2, 0.25) is 0 Å². The largest absolute Gasteiger partial charge is 0.365 e. The van der Waals surface area contributed by atoms with Gasteiger partial charge in [0.15, 0.2) is 5.82 Å². The zero-order valence-corrected chi connectivity index (χ0v) is 11.6. The van der Waals surface area contributed by atoms with E-state index < -0.39 is 5.91 Å². The highest BCUT2D eigenvalue weighted by Gasteiger charge is 2.11. The van der Waals surface area contributed by atoms with Gasteiger partial charge in [0.05, 0.1) is 6.54 Å². The number of aromatic nitrogens is 2. The number of benzene rings is 1. The van der Waals surface area contributed by atoms with Gasteiger partial charge >= 0.3 is 0 Å². The number of nitrogens with one attached hydrogen (secondary N) is 1. The lowest BCUT2D eigenvalue weighted by Gasteiger charge is -1.98. The number of rotatable bonds is 3. The molecule has 0 aliphatic heterocycles. The van der Waals surface area contributed by atoms with Crippen LogP contribution in [0.25, 0.3) is 0 Å². The summed E-state index contributed by atoms with van der Waals surface area (Å²) in [5.41, 5.74) is 6.47. The molecule has 20 heavy (non-hydrogen) atoms. The molecular weight excluding hydrogens is 276 g/mol. The smallest absolute Gasteiger partial charge is 0.254 e. The molecule has 2 rings (SSSR count). The molecule has 3 N–H and O–H groups in total. The number of nitrogens with zero attached hydrogens (tertiary/aromatic N) is 2. The number of carbonyl (C=O) groups excluding carboxylic acids is 1. The van der Waals surface area contributed by atoms with E-state index in [1.54, 1.807) is 25.4 Å². The average molecular weight is 289 g/mol. The van der Waals surface area contributed by atoms with Crippen LogP contribution in [0.5, 0.6) is 0 Å². The fraction of sp³-hybridized carbons (Fsp3) is 0.143. The quantitative estimate of drug-likeness (QED) is 0.843. The molecule has 6 heteroatoms. The standard InChI is InChI=1S/C14H13ClN4O/c1-19-9-12(13(16)20)14(18-19)17-8-2-3-10-4-6-11(15)7-5-10/h4-7,9H,8H2,1H3,(H2,16,20)(H,17,18). The summed E-state index contributed by atoms with van der Waals surface area (Å²) in [5.74, 6) is 5.83. The monoisotopic (exact) mass is 288 g/mol. The lowest BCUT2D eigenvalue weighted by molar-refractivity contribution is 0.100.